The fraction of sp³-hybridized carbons (Fsp3) is 0.857. The first-order chi connectivity index (χ1) is 3.97. The van der Waals surface area contributed by atoms with E-state index in [1.807, 2.05) is 0 Å². The highest BCUT2D eigenvalue weighted by Gasteiger charge is 2.38. The van der Waals surface area contributed by atoms with Gasteiger partial charge >= 0.3 is 0 Å². The normalized spacial score (nSPS) is 45.0. The minimum absolute atomic E-state index is 0.661. The largest absolute Gasteiger partial charge is 0.370 e. The van der Waals surface area contributed by atoms with Gasteiger partial charge in [0.05, 0.1) is 12.2 Å². The molecule has 2 rings (SSSR count). The molecule has 1 radical (unpaired) electrons. The molecule has 1 saturated heterocycles. The lowest BCUT2D eigenvalue weighted by Crippen LogP contribution is -1.87. The first-order valence-corrected chi connectivity index (χ1v) is 3.44. The summed E-state index contributed by atoms with van der Waals surface area (Å²) in [4.78, 5) is 0. The van der Waals surface area contributed by atoms with E-state index in [0.29, 0.717) is 12.2 Å². The number of fused-ring (bicyclic) bond motifs is 1. The van der Waals surface area contributed by atoms with Crippen LogP contribution in [-0.2, 0) is 4.74 Å². The van der Waals surface area contributed by atoms with Crippen LogP contribution in [0.3, 0.4) is 0 Å². The number of ether oxygens (including phenoxy) is 1. The first kappa shape index (κ1) is 4.80. The molecular weight excluding hydrogens is 100 g/mol. The number of rotatable bonds is 0. The smallest absolute Gasteiger partial charge is 0.0842 e. The van der Waals surface area contributed by atoms with Crippen LogP contribution in [0, 0.1) is 6.42 Å². The highest BCUT2D eigenvalue weighted by Crippen LogP contribution is 2.34. The van der Waals surface area contributed by atoms with Gasteiger partial charge in [0.25, 0.3) is 0 Å². The minimum Gasteiger partial charge on any atom is -0.370 e. The van der Waals surface area contributed by atoms with Gasteiger partial charge < -0.3 is 4.74 Å². The third kappa shape index (κ3) is 0.752. The summed E-state index contributed by atoms with van der Waals surface area (Å²) in [7, 11) is 0. The zero-order chi connectivity index (χ0) is 5.40. The fourth-order valence-electron chi connectivity index (χ4n) is 1.40. The van der Waals surface area contributed by atoms with Gasteiger partial charge in [-0.05, 0) is 32.1 Å². The molecule has 45 valence electrons. The molecule has 0 spiro atoms. The standard InChI is InChI=1S/C7H11O/c1-2-4-6-7(8-6)5-3-1/h1,6-7H,2-5H2. The van der Waals surface area contributed by atoms with E-state index in [2.05, 4.69) is 6.42 Å². The van der Waals surface area contributed by atoms with E-state index in [1.165, 1.54) is 25.7 Å². The Morgan fingerprint density at radius 1 is 1.12 bits per heavy atom. The molecule has 8 heavy (non-hydrogen) atoms. The summed E-state index contributed by atoms with van der Waals surface area (Å²) in [6.07, 6.45) is 8.83. The molecule has 2 aliphatic rings. The van der Waals surface area contributed by atoms with Crippen molar-refractivity contribution in [1.29, 1.82) is 0 Å². The van der Waals surface area contributed by atoms with Crippen LogP contribution in [0.5, 0.6) is 0 Å². The highest BCUT2D eigenvalue weighted by atomic mass is 16.6. The summed E-state index contributed by atoms with van der Waals surface area (Å²) >= 11 is 0. The quantitative estimate of drug-likeness (QED) is 0.432. The summed E-state index contributed by atoms with van der Waals surface area (Å²) in [6, 6.07) is 0. The van der Waals surface area contributed by atoms with Gasteiger partial charge in [0.1, 0.15) is 0 Å². The molecule has 1 heteroatoms. The predicted octanol–water partition coefficient (Wildman–Crippen LogP) is 1.53. The van der Waals surface area contributed by atoms with E-state index < -0.39 is 0 Å². The van der Waals surface area contributed by atoms with Gasteiger partial charge in [-0.2, -0.15) is 0 Å². The van der Waals surface area contributed by atoms with Gasteiger partial charge in [0.15, 0.2) is 0 Å². The van der Waals surface area contributed by atoms with Gasteiger partial charge in [-0.3, -0.25) is 0 Å². The van der Waals surface area contributed by atoms with Crippen LogP contribution >= 0.6 is 0 Å². The summed E-state index contributed by atoms with van der Waals surface area (Å²) in [5.41, 5.74) is 0. The summed E-state index contributed by atoms with van der Waals surface area (Å²) in [5.74, 6) is 0. The van der Waals surface area contributed by atoms with Crippen molar-refractivity contribution in [2.45, 2.75) is 37.9 Å². The zero-order valence-corrected chi connectivity index (χ0v) is 4.97. The second-order valence-corrected chi connectivity index (χ2v) is 2.66. The molecule has 0 N–H and O–H groups in total. The Morgan fingerprint density at radius 3 is 2.38 bits per heavy atom. The van der Waals surface area contributed by atoms with Crippen LogP contribution in [0.4, 0.5) is 0 Å². The molecule has 2 unspecified atom stereocenters. The second kappa shape index (κ2) is 1.73. The van der Waals surface area contributed by atoms with Crippen molar-refractivity contribution >= 4 is 0 Å². The van der Waals surface area contributed by atoms with Crippen molar-refractivity contribution in [2.24, 2.45) is 0 Å². The Labute approximate surface area is 50.0 Å². The van der Waals surface area contributed by atoms with Crippen LogP contribution in [0.25, 0.3) is 0 Å². The molecule has 0 aromatic rings. The SMILES string of the molecule is [CH]1CCC2OC2CC1. The van der Waals surface area contributed by atoms with Gasteiger partial charge in [0, 0.05) is 0 Å². The lowest BCUT2D eigenvalue weighted by Gasteiger charge is -1.90. The first-order valence-electron chi connectivity index (χ1n) is 3.44. The number of hydrogen-bond acceptors (Lipinski definition) is 1. The molecule has 2 atom stereocenters. The van der Waals surface area contributed by atoms with E-state index >= 15 is 0 Å². The Morgan fingerprint density at radius 2 is 1.75 bits per heavy atom. The highest BCUT2D eigenvalue weighted by molar-refractivity contribution is 4.90. The third-order valence-corrected chi connectivity index (χ3v) is 2.00. The van der Waals surface area contributed by atoms with Gasteiger partial charge in [-0.25, -0.2) is 0 Å². The van der Waals surface area contributed by atoms with E-state index in [9.17, 15) is 0 Å². The molecule has 0 aromatic carbocycles. The number of epoxide rings is 1. The predicted molar refractivity (Wildman–Crippen MR) is 31.4 cm³/mol. The Balaban J connectivity index is 1.89. The van der Waals surface area contributed by atoms with Crippen molar-refractivity contribution in [3.8, 4) is 0 Å². The minimum atomic E-state index is 0.661. The Bertz CT molecular complexity index is 80.4. The Hall–Kier alpha value is -0.0400. The van der Waals surface area contributed by atoms with Crippen molar-refractivity contribution in [3.05, 3.63) is 6.42 Å². The van der Waals surface area contributed by atoms with E-state index in [-0.39, 0.29) is 0 Å². The lowest BCUT2D eigenvalue weighted by molar-refractivity contribution is 0.347. The molecule has 1 aliphatic heterocycles. The maximum Gasteiger partial charge on any atom is 0.0842 e. The van der Waals surface area contributed by atoms with E-state index in [0.717, 1.165) is 0 Å². The second-order valence-electron chi connectivity index (χ2n) is 2.66. The van der Waals surface area contributed by atoms with Crippen LogP contribution in [0.15, 0.2) is 0 Å². The molecular formula is C7H11O. The molecule has 1 heterocycles. The van der Waals surface area contributed by atoms with Gasteiger partial charge in [-0.1, -0.05) is 0 Å². The number of hydrogen-bond donors (Lipinski definition) is 0. The summed E-state index contributed by atoms with van der Waals surface area (Å²) in [6.45, 7) is 0. The molecule has 0 amide bonds. The van der Waals surface area contributed by atoms with Crippen LogP contribution < -0.4 is 0 Å². The Kier molecular flexibility index (Phi) is 1.04. The van der Waals surface area contributed by atoms with E-state index in [4.69, 9.17) is 4.74 Å². The van der Waals surface area contributed by atoms with Gasteiger partial charge in [0.2, 0.25) is 0 Å². The maximum absolute atomic E-state index is 5.34. The van der Waals surface area contributed by atoms with Crippen LogP contribution in [0.2, 0.25) is 0 Å². The van der Waals surface area contributed by atoms with E-state index in [1.54, 1.807) is 0 Å². The molecule has 2 fully saturated rings. The average molecular weight is 111 g/mol. The van der Waals surface area contributed by atoms with Crippen molar-refractivity contribution < 1.29 is 4.74 Å². The van der Waals surface area contributed by atoms with Crippen LogP contribution in [0.1, 0.15) is 25.7 Å². The van der Waals surface area contributed by atoms with Crippen molar-refractivity contribution in [1.82, 2.24) is 0 Å². The monoisotopic (exact) mass is 111 g/mol. The van der Waals surface area contributed by atoms with Crippen molar-refractivity contribution in [3.63, 3.8) is 0 Å². The maximum atomic E-state index is 5.34. The third-order valence-electron chi connectivity index (χ3n) is 2.00. The molecule has 1 nitrogen and oxygen atoms in total. The average Bonchev–Trinajstić information content (AvgIpc) is 2.36. The molecule has 0 bridgehead atoms. The van der Waals surface area contributed by atoms with Crippen LogP contribution in [-0.4, -0.2) is 12.2 Å². The summed E-state index contributed by atoms with van der Waals surface area (Å²) in [5, 5.41) is 0. The van der Waals surface area contributed by atoms with Gasteiger partial charge in [-0.15, -0.1) is 0 Å². The topological polar surface area (TPSA) is 12.5 Å². The van der Waals surface area contributed by atoms with Crippen molar-refractivity contribution in [2.75, 3.05) is 0 Å². The lowest BCUT2D eigenvalue weighted by atomic mass is 10.2. The zero-order valence-electron chi connectivity index (χ0n) is 4.97. The molecule has 1 aliphatic carbocycles. The summed E-state index contributed by atoms with van der Waals surface area (Å²) < 4.78 is 5.34. The molecule has 0 aromatic heterocycles. The molecule has 1 saturated carbocycles. The fourth-order valence-corrected chi connectivity index (χ4v) is 1.40.